The van der Waals surface area contributed by atoms with Gasteiger partial charge in [0.25, 0.3) is 5.78 Å². The molecule has 0 amide bonds. The third-order valence-corrected chi connectivity index (χ3v) is 4.01. The van der Waals surface area contributed by atoms with Crippen LogP contribution in [0.2, 0.25) is 0 Å². The van der Waals surface area contributed by atoms with Gasteiger partial charge in [-0.2, -0.15) is 10.1 Å². The van der Waals surface area contributed by atoms with Crippen molar-refractivity contribution in [2.24, 2.45) is 0 Å². The van der Waals surface area contributed by atoms with Crippen LogP contribution >= 0.6 is 0 Å². The first-order valence-electron chi connectivity index (χ1n) is 7.55. The van der Waals surface area contributed by atoms with Crippen molar-refractivity contribution in [3.63, 3.8) is 0 Å². The Labute approximate surface area is 127 Å². The minimum absolute atomic E-state index is 0.383. The number of nitrogens with one attached hydrogen (secondary N) is 1. The lowest BCUT2D eigenvalue weighted by Crippen LogP contribution is -2.34. The molecule has 0 spiro atoms. The van der Waals surface area contributed by atoms with Crippen molar-refractivity contribution in [1.82, 2.24) is 39.7 Å². The summed E-state index contributed by atoms with van der Waals surface area (Å²) in [4.78, 5) is 15.5. The van der Waals surface area contributed by atoms with Gasteiger partial charge in [0.2, 0.25) is 0 Å². The fraction of sp³-hybridized carbons (Fsp3) is 0.500. The lowest BCUT2D eigenvalue weighted by atomic mass is 9.97. The van der Waals surface area contributed by atoms with Crippen molar-refractivity contribution in [3.8, 4) is 0 Å². The zero-order valence-electron chi connectivity index (χ0n) is 12.5. The van der Waals surface area contributed by atoms with E-state index >= 15 is 0 Å². The maximum Gasteiger partial charge on any atom is 0.252 e. The highest BCUT2D eigenvalue weighted by atomic mass is 15.3. The van der Waals surface area contributed by atoms with Gasteiger partial charge in [-0.05, 0) is 32.4 Å². The van der Waals surface area contributed by atoms with E-state index in [0.717, 1.165) is 49.9 Å². The molecule has 1 fully saturated rings. The van der Waals surface area contributed by atoms with E-state index in [1.165, 1.54) is 0 Å². The molecule has 3 aromatic rings. The van der Waals surface area contributed by atoms with Crippen molar-refractivity contribution in [3.05, 3.63) is 35.9 Å². The number of nitrogens with zero attached hydrogens (tertiary/aromatic N) is 7. The Morgan fingerprint density at radius 3 is 3.14 bits per heavy atom. The molecule has 0 bridgehead atoms. The number of aromatic nitrogens is 7. The van der Waals surface area contributed by atoms with Crippen molar-refractivity contribution >= 4 is 5.78 Å². The topological polar surface area (TPSA) is 87.9 Å². The molecule has 3 aromatic heterocycles. The fourth-order valence-electron chi connectivity index (χ4n) is 3.00. The van der Waals surface area contributed by atoms with E-state index < -0.39 is 0 Å². The van der Waals surface area contributed by atoms with Crippen LogP contribution in [0.1, 0.15) is 36.2 Å². The molecule has 4 rings (SSSR count). The monoisotopic (exact) mass is 298 g/mol. The molecule has 22 heavy (non-hydrogen) atoms. The molecule has 1 atom stereocenters. The van der Waals surface area contributed by atoms with E-state index in [4.69, 9.17) is 0 Å². The number of rotatable bonds is 3. The number of fused-ring (bicyclic) bond motifs is 1. The molecule has 114 valence electrons. The fourth-order valence-corrected chi connectivity index (χ4v) is 3.00. The van der Waals surface area contributed by atoms with Crippen LogP contribution in [0.3, 0.4) is 0 Å². The highest BCUT2D eigenvalue weighted by molar-refractivity contribution is 5.24. The number of hydrogen-bond acceptors (Lipinski definition) is 6. The van der Waals surface area contributed by atoms with E-state index in [2.05, 4.69) is 35.1 Å². The van der Waals surface area contributed by atoms with Crippen LogP contribution in [0.4, 0.5) is 0 Å². The van der Waals surface area contributed by atoms with E-state index in [1.807, 2.05) is 19.2 Å². The van der Waals surface area contributed by atoms with Gasteiger partial charge in [0.05, 0.1) is 6.54 Å². The van der Waals surface area contributed by atoms with E-state index in [9.17, 15) is 0 Å². The van der Waals surface area contributed by atoms with Gasteiger partial charge in [-0.3, -0.25) is 10.00 Å². The summed E-state index contributed by atoms with van der Waals surface area (Å²) in [5, 5.41) is 11.7. The van der Waals surface area contributed by atoms with Gasteiger partial charge in [0, 0.05) is 24.9 Å². The first-order chi connectivity index (χ1) is 10.8. The molecule has 1 aliphatic heterocycles. The number of piperidine rings is 1. The average Bonchev–Trinajstić information content (AvgIpc) is 3.13. The lowest BCUT2D eigenvalue weighted by molar-refractivity contribution is 0.192. The summed E-state index contributed by atoms with van der Waals surface area (Å²) in [5.74, 6) is 3.64. The predicted octanol–water partition coefficient (Wildman–Crippen LogP) is 0.930. The Hall–Kier alpha value is -2.35. The van der Waals surface area contributed by atoms with Crippen LogP contribution in [0.25, 0.3) is 5.78 Å². The number of likely N-dealkylation sites (tertiary alicyclic amines) is 1. The highest BCUT2D eigenvalue weighted by Crippen LogP contribution is 2.25. The van der Waals surface area contributed by atoms with Gasteiger partial charge < -0.3 is 0 Å². The van der Waals surface area contributed by atoms with Crippen molar-refractivity contribution in [2.75, 3.05) is 13.1 Å². The third kappa shape index (κ3) is 2.57. The zero-order chi connectivity index (χ0) is 14.9. The number of hydrogen-bond donors (Lipinski definition) is 1. The summed E-state index contributed by atoms with van der Waals surface area (Å²) in [6.45, 7) is 4.68. The minimum atomic E-state index is 0.383. The summed E-state index contributed by atoms with van der Waals surface area (Å²) < 4.78 is 1.72. The van der Waals surface area contributed by atoms with Crippen LogP contribution in [-0.2, 0) is 6.54 Å². The Bertz CT molecular complexity index is 743. The van der Waals surface area contributed by atoms with Crippen LogP contribution in [0, 0.1) is 6.92 Å². The van der Waals surface area contributed by atoms with E-state index in [-0.39, 0.29) is 0 Å². The lowest BCUT2D eigenvalue weighted by Gasteiger charge is -2.30. The first kappa shape index (κ1) is 13.3. The molecule has 1 N–H and O–H groups in total. The maximum absolute atomic E-state index is 4.47. The maximum atomic E-state index is 4.47. The summed E-state index contributed by atoms with van der Waals surface area (Å²) in [6.07, 6.45) is 5.88. The molecule has 4 heterocycles. The van der Waals surface area contributed by atoms with E-state index in [0.29, 0.717) is 11.7 Å². The Morgan fingerprint density at radius 1 is 1.36 bits per heavy atom. The molecule has 0 aliphatic carbocycles. The zero-order valence-corrected chi connectivity index (χ0v) is 12.5. The molecule has 0 aromatic carbocycles. The molecular formula is C14H18N8. The summed E-state index contributed by atoms with van der Waals surface area (Å²) in [6, 6.07) is 1.86. The first-order valence-corrected chi connectivity index (χ1v) is 7.55. The summed E-state index contributed by atoms with van der Waals surface area (Å²) in [7, 11) is 0. The van der Waals surface area contributed by atoms with Crippen molar-refractivity contribution in [1.29, 1.82) is 0 Å². The van der Waals surface area contributed by atoms with Crippen molar-refractivity contribution in [2.45, 2.75) is 32.2 Å². The number of aromatic amines is 1. The third-order valence-electron chi connectivity index (χ3n) is 4.01. The minimum Gasteiger partial charge on any atom is -0.295 e. The molecule has 1 aliphatic rings. The molecule has 0 saturated carbocycles. The second-order valence-electron chi connectivity index (χ2n) is 5.75. The predicted molar refractivity (Wildman–Crippen MR) is 79.2 cm³/mol. The molecule has 1 saturated heterocycles. The number of aryl methyl sites for hydroxylation is 1. The molecule has 0 unspecified atom stereocenters. The van der Waals surface area contributed by atoms with Gasteiger partial charge in [-0.25, -0.2) is 14.5 Å². The van der Waals surface area contributed by atoms with Crippen LogP contribution < -0.4 is 0 Å². The summed E-state index contributed by atoms with van der Waals surface area (Å²) >= 11 is 0. The van der Waals surface area contributed by atoms with Crippen LogP contribution in [-0.4, -0.2) is 52.8 Å². The second-order valence-corrected chi connectivity index (χ2v) is 5.75. The van der Waals surface area contributed by atoms with Crippen molar-refractivity contribution < 1.29 is 0 Å². The average molecular weight is 298 g/mol. The van der Waals surface area contributed by atoms with Crippen LogP contribution in [0.15, 0.2) is 18.5 Å². The Morgan fingerprint density at radius 2 is 2.32 bits per heavy atom. The molecular weight excluding hydrogens is 280 g/mol. The number of H-pyrrole nitrogens is 1. The van der Waals surface area contributed by atoms with Gasteiger partial charge in [0.1, 0.15) is 5.82 Å². The largest absolute Gasteiger partial charge is 0.295 e. The van der Waals surface area contributed by atoms with Gasteiger partial charge in [-0.15, -0.1) is 5.10 Å². The summed E-state index contributed by atoms with van der Waals surface area (Å²) in [5.41, 5.74) is 0. The van der Waals surface area contributed by atoms with Crippen LogP contribution in [0.5, 0.6) is 0 Å². The van der Waals surface area contributed by atoms with E-state index in [1.54, 1.807) is 10.7 Å². The SMILES string of the molecule is Cc1nc([C@H]2CCCN(Cc3nc4ncccn4n3)C2)n[nH]1. The Kier molecular flexibility index (Phi) is 3.30. The molecule has 8 heteroatoms. The quantitative estimate of drug-likeness (QED) is 0.774. The normalized spacial score (nSPS) is 19.8. The van der Waals surface area contributed by atoms with Gasteiger partial charge in [-0.1, -0.05) is 0 Å². The second kappa shape index (κ2) is 5.45. The Balaban J connectivity index is 1.48. The van der Waals surface area contributed by atoms with Gasteiger partial charge >= 0.3 is 0 Å². The standard InChI is InChI=1S/C14H18N8/c1-10-16-13(19-18-10)11-4-2-6-21(8-11)9-12-17-14-15-5-3-7-22(14)20-12/h3,5,7,11H,2,4,6,8-9H2,1H3,(H,16,18,19)/t11-/m0/s1. The van der Waals surface area contributed by atoms with Gasteiger partial charge in [0.15, 0.2) is 11.6 Å². The molecule has 0 radical (unpaired) electrons. The smallest absolute Gasteiger partial charge is 0.252 e. The highest BCUT2D eigenvalue weighted by Gasteiger charge is 2.25. The molecule has 8 nitrogen and oxygen atoms in total.